The lowest BCUT2D eigenvalue weighted by Gasteiger charge is -2.23. The molecule has 1 aliphatic heterocycles. The first-order chi connectivity index (χ1) is 7.08. The van der Waals surface area contributed by atoms with Gasteiger partial charge < -0.3 is 4.90 Å². The van der Waals surface area contributed by atoms with Crippen LogP contribution in [0.25, 0.3) is 0 Å². The predicted octanol–water partition coefficient (Wildman–Crippen LogP) is 2.85. The molecule has 2 heteroatoms. The lowest BCUT2D eigenvalue weighted by atomic mass is 10.0. The number of carbonyl (C=O) groups excluding carboxylic acids is 1. The van der Waals surface area contributed by atoms with Gasteiger partial charge in [0.15, 0.2) is 0 Å². The van der Waals surface area contributed by atoms with Crippen molar-refractivity contribution in [1.29, 1.82) is 0 Å². The van der Waals surface area contributed by atoms with Crippen LogP contribution in [0.1, 0.15) is 40.0 Å². The van der Waals surface area contributed by atoms with Gasteiger partial charge in [-0.15, -0.1) is 6.58 Å². The lowest BCUT2D eigenvalue weighted by molar-refractivity contribution is -0.132. The van der Waals surface area contributed by atoms with Gasteiger partial charge >= 0.3 is 0 Å². The number of rotatable bonds is 4. The highest BCUT2D eigenvalue weighted by Gasteiger charge is 2.32. The Morgan fingerprint density at radius 1 is 1.60 bits per heavy atom. The second kappa shape index (κ2) is 5.34. The van der Waals surface area contributed by atoms with Crippen LogP contribution < -0.4 is 0 Å². The molecule has 0 aromatic heterocycles. The van der Waals surface area contributed by atoms with Gasteiger partial charge in [-0.1, -0.05) is 33.3 Å². The molecule has 0 spiro atoms. The van der Waals surface area contributed by atoms with Crippen molar-refractivity contribution in [2.45, 2.75) is 46.1 Å². The highest BCUT2D eigenvalue weighted by molar-refractivity contribution is 5.77. The Hall–Kier alpha value is -0.790. The number of likely N-dealkylation sites (tertiary alicyclic amines) is 1. The summed E-state index contributed by atoms with van der Waals surface area (Å²) in [7, 11) is 0. The molecule has 2 nitrogen and oxygen atoms in total. The third-order valence-electron chi connectivity index (χ3n) is 3.18. The van der Waals surface area contributed by atoms with Crippen molar-refractivity contribution in [3.63, 3.8) is 0 Å². The molecule has 0 aromatic rings. The molecule has 0 aliphatic carbocycles. The molecule has 1 aliphatic rings. The first-order valence-electron chi connectivity index (χ1n) is 6.00. The minimum absolute atomic E-state index is 0.279. The first-order valence-corrected chi connectivity index (χ1v) is 6.00. The first kappa shape index (κ1) is 12.3. The van der Waals surface area contributed by atoms with E-state index in [0.29, 0.717) is 24.2 Å². The quantitative estimate of drug-likeness (QED) is 0.652. The van der Waals surface area contributed by atoms with Crippen molar-refractivity contribution >= 4 is 5.91 Å². The van der Waals surface area contributed by atoms with Crippen molar-refractivity contribution in [2.75, 3.05) is 6.54 Å². The summed E-state index contributed by atoms with van der Waals surface area (Å²) in [5, 5.41) is 0. The maximum absolute atomic E-state index is 12.0. The normalized spacial score (nSPS) is 26.0. The van der Waals surface area contributed by atoms with Crippen LogP contribution in [0.4, 0.5) is 0 Å². The van der Waals surface area contributed by atoms with Gasteiger partial charge in [-0.3, -0.25) is 4.79 Å². The van der Waals surface area contributed by atoms with Crippen LogP contribution in [-0.2, 0) is 4.79 Å². The molecule has 2 atom stereocenters. The molecule has 15 heavy (non-hydrogen) atoms. The van der Waals surface area contributed by atoms with E-state index in [0.717, 1.165) is 19.4 Å². The molecule has 0 bridgehead atoms. The molecule has 1 amide bonds. The smallest absolute Gasteiger partial charge is 0.223 e. The average molecular weight is 209 g/mol. The summed E-state index contributed by atoms with van der Waals surface area (Å²) in [4.78, 5) is 14.0. The Kier molecular flexibility index (Phi) is 4.37. The van der Waals surface area contributed by atoms with Gasteiger partial charge in [-0.05, 0) is 18.3 Å². The second-order valence-electron chi connectivity index (χ2n) is 4.96. The second-order valence-corrected chi connectivity index (χ2v) is 4.96. The Balaban J connectivity index is 2.59. The van der Waals surface area contributed by atoms with Gasteiger partial charge in [-0.2, -0.15) is 0 Å². The third-order valence-corrected chi connectivity index (χ3v) is 3.18. The number of hydrogen-bond acceptors (Lipinski definition) is 1. The van der Waals surface area contributed by atoms with Crippen LogP contribution in [0.3, 0.4) is 0 Å². The van der Waals surface area contributed by atoms with E-state index >= 15 is 0 Å². The topological polar surface area (TPSA) is 20.3 Å². The summed E-state index contributed by atoms with van der Waals surface area (Å²) in [6.45, 7) is 11.1. The van der Waals surface area contributed by atoms with E-state index < -0.39 is 0 Å². The predicted molar refractivity (Wildman–Crippen MR) is 63.6 cm³/mol. The minimum atomic E-state index is 0.279. The fourth-order valence-electron chi connectivity index (χ4n) is 2.23. The number of amides is 1. The summed E-state index contributed by atoms with van der Waals surface area (Å²) in [5.41, 5.74) is 0. The van der Waals surface area contributed by atoms with Gasteiger partial charge in [0.05, 0.1) is 6.04 Å². The van der Waals surface area contributed by atoms with E-state index in [2.05, 4.69) is 27.4 Å². The minimum Gasteiger partial charge on any atom is -0.336 e. The standard InChI is InChI=1S/C13H23NO/c1-5-11-8-12(6-2)14(9-11)13(15)7-10(3)4/h6,10-12H,2,5,7-9H2,1,3-4H3. The number of hydrogen-bond donors (Lipinski definition) is 0. The molecule has 1 rings (SSSR count). The third kappa shape index (κ3) is 3.08. The largest absolute Gasteiger partial charge is 0.336 e. The van der Waals surface area contributed by atoms with Crippen molar-refractivity contribution < 1.29 is 4.79 Å². The van der Waals surface area contributed by atoms with Gasteiger partial charge in [-0.25, -0.2) is 0 Å². The molecule has 86 valence electrons. The number of nitrogens with zero attached hydrogens (tertiary/aromatic N) is 1. The van der Waals surface area contributed by atoms with Crippen molar-refractivity contribution in [3.05, 3.63) is 12.7 Å². The van der Waals surface area contributed by atoms with Crippen LogP contribution >= 0.6 is 0 Å². The monoisotopic (exact) mass is 209 g/mol. The molecular formula is C13H23NO. The van der Waals surface area contributed by atoms with E-state index in [1.807, 2.05) is 11.0 Å². The van der Waals surface area contributed by atoms with Crippen molar-refractivity contribution in [3.8, 4) is 0 Å². The van der Waals surface area contributed by atoms with E-state index in [4.69, 9.17) is 0 Å². The molecule has 0 saturated carbocycles. The average Bonchev–Trinajstić information content (AvgIpc) is 2.59. The van der Waals surface area contributed by atoms with Gasteiger partial charge in [0.2, 0.25) is 5.91 Å². The van der Waals surface area contributed by atoms with E-state index in [9.17, 15) is 4.79 Å². The Bertz CT molecular complexity index is 235. The summed E-state index contributed by atoms with van der Waals surface area (Å²) >= 11 is 0. The Morgan fingerprint density at radius 3 is 2.73 bits per heavy atom. The summed E-state index contributed by atoms with van der Waals surface area (Å²) in [6.07, 6.45) is 4.86. The van der Waals surface area contributed by atoms with Crippen LogP contribution in [0.5, 0.6) is 0 Å². The Morgan fingerprint density at radius 2 is 2.27 bits per heavy atom. The van der Waals surface area contributed by atoms with Crippen LogP contribution in [0, 0.1) is 11.8 Å². The maximum atomic E-state index is 12.0. The zero-order valence-electron chi connectivity index (χ0n) is 10.2. The van der Waals surface area contributed by atoms with Crippen molar-refractivity contribution in [1.82, 2.24) is 4.90 Å². The van der Waals surface area contributed by atoms with Crippen LogP contribution in [-0.4, -0.2) is 23.4 Å². The molecule has 1 heterocycles. The molecule has 0 aromatic carbocycles. The van der Waals surface area contributed by atoms with Crippen molar-refractivity contribution in [2.24, 2.45) is 11.8 Å². The summed E-state index contributed by atoms with van der Waals surface area (Å²) in [6, 6.07) is 0.279. The Labute approximate surface area is 93.3 Å². The molecule has 0 radical (unpaired) electrons. The van der Waals surface area contributed by atoms with E-state index in [1.165, 1.54) is 0 Å². The lowest BCUT2D eigenvalue weighted by Crippen LogP contribution is -2.35. The van der Waals surface area contributed by atoms with Crippen LogP contribution in [0.15, 0.2) is 12.7 Å². The number of carbonyl (C=O) groups is 1. The fourth-order valence-corrected chi connectivity index (χ4v) is 2.23. The SMILES string of the molecule is C=CC1CC(CC)CN1C(=O)CC(C)C. The van der Waals surface area contributed by atoms with Gasteiger partial charge in [0.1, 0.15) is 0 Å². The molecule has 0 N–H and O–H groups in total. The maximum Gasteiger partial charge on any atom is 0.223 e. The summed E-state index contributed by atoms with van der Waals surface area (Å²) in [5.74, 6) is 1.42. The van der Waals surface area contributed by atoms with E-state index in [1.54, 1.807) is 0 Å². The van der Waals surface area contributed by atoms with E-state index in [-0.39, 0.29) is 6.04 Å². The van der Waals surface area contributed by atoms with Crippen LogP contribution in [0.2, 0.25) is 0 Å². The molecule has 2 unspecified atom stereocenters. The molecular weight excluding hydrogens is 186 g/mol. The fraction of sp³-hybridized carbons (Fsp3) is 0.769. The summed E-state index contributed by atoms with van der Waals surface area (Å²) < 4.78 is 0. The highest BCUT2D eigenvalue weighted by atomic mass is 16.2. The van der Waals surface area contributed by atoms with Gasteiger partial charge in [0.25, 0.3) is 0 Å². The zero-order valence-corrected chi connectivity index (χ0v) is 10.2. The van der Waals surface area contributed by atoms with Gasteiger partial charge in [0, 0.05) is 13.0 Å². The zero-order chi connectivity index (χ0) is 11.4. The molecule has 1 saturated heterocycles. The highest BCUT2D eigenvalue weighted by Crippen LogP contribution is 2.27. The molecule has 1 fully saturated rings.